The molecule has 0 aromatic heterocycles. The third kappa shape index (κ3) is 9.64. The van der Waals surface area contributed by atoms with Gasteiger partial charge in [-0.15, -0.1) is 0 Å². The summed E-state index contributed by atoms with van der Waals surface area (Å²) in [6, 6.07) is -0.808. The number of hydrogen-bond donors (Lipinski definition) is 2. The Morgan fingerprint density at radius 3 is 2.05 bits per heavy atom. The molecule has 5 heteroatoms. The van der Waals surface area contributed by atoms with Crippen molar-refractivity contribution in [2.24, 2.45) is 5.92 Å². The lowest BCUT2D eigenvalue weighted by atomic mass is 9.84. The average Bonchev–Trinajstić information content (AvgIpc) is 2.54. The van der Waals surface area contributed by atoms with Crippen LogP contribution >= 0.6 is 0 Å². The van der Waals surface area contributed by atoms with Gasteiger partial charge < -0.3 is 15.2 Å². The molecule has 0 aromatic rings. The van der Waals surface area contributed by atoms with Crippen LogP contribution < -0.4 is 5.32 Å². The Kier molecular flexibility index (Phi) is 12.6. The number of unbranched alkanes of at least 4 members (excludes halogenated alkanes) is 4. The highest BCUT2D eigenvalue weighted by Gasteiger charge is 2.30. The minimum absolute atomic E-state index is 0.0374. The van der Waals surface area contributed by atoms with Crippen molar-refractivity contribution >= 4 is 12.1 Å². The molecule has 1 atom stereocenters. The van der Waals surface area contributed by atoms with E-state index < -0.39 is 18.1 Å². The zero-order chi connectivity index (χ0) is 16.8. The van der Waals surface area contributed by atoms with Crippen molar-refractivity contribution in [2.75, 3.05) is 7.11 Å². The van der Waals surface area contributed by atoms with Crippen LogP contribution in [0.4, 0.5) is 4.79 Å². The number of alkyl carbamates (subject to hydrolysis) is 1. The highest BCUT2D eigenvalue weighted by atomic mass is 16.5. The Hall–Kier alpha value is -1.26. The highest BCUT2D eigenvalue weighted by molar-refractivity contribution is 5.80. The summed E-state index contributed by atoms with van der Waals surface area (Å²) in [7, 11) is 1.23. The summed E-state index contributed by atoms with van der Waals surface area (Å²) in [5.74, 6) is -0.942. The molecule has 130 valence electrons. The van der Waals surface area contributed by atoms with E-state index in [0.29, 0.717) is 0 Å². The zero-order valence-electron chi connectivity index (χ0n) is 14.4. The van der Waals surface area contributed by atoms with Crippen LogP contribution in [0.3, 0.4) is 0 Å². The fraction of sp³-hybridized carbons (Fsp3) is 0.882. The van der Waals surface area contributed by atoms with E-state index >= 15 is 0 Å². The van der Waals surface area contributed by atoms with Crippen LogP contribution in [-0.4, -0.2) is 30.3 Å². The molecule has 0 aromatic carbocycles. The highest BCUT2D eigenvalue weighted by Crippen LogP contribution is 2.26. The van der Waals surface area contributed by atoms with Crippen molar-refractivity contribution in [1.82, 2.24) is 5.32 Å². The number of hydrogen-bond acceptors (Lipinski definition) is 3. The number of methoxy groups -OCH3 is 1. The van der Waals surface area contributed by atoms with Gasteiger partial charge in [-0.25, -0.2) is 9.59 Å². The van der Waals surface area contributed by atoms with Gasteiger partial charge in [0.1, 0.15) is 6.04 Å². The average molecular weight is 315 g/mol. The number of amides is 1. The number of nitrogens with one attached hydrogen (secondary N) is 1. The SMILES string of the molecule is CCCCCCC.COC(=O)N[C@@H](C(=O)O)C1CCCCC1. The van der Waals surface area contributed by atoms with Gasteiger partial charge in [-0.2, -0.15) is 0 Å². The number of carboxylic acid groups (broad SMARTS) is 1. The van der Waals surface area contributed by atoms with Crippen LogP contribution in [0.2, 0.25) is 0 Å². The number of ether oxygens (including phenoxy) is 1. The van der Waals surface area contributed by atoms with E-state index in [1.807, 2.05) is 0 Å². The predicted molar refractivity (Wildman–Crippen MR) is 88.0 cm³/mol. The third-order valence-corrected chi connectivity index (χ3v) is 4.05. The molecule has 1 fully saturated rings. The fourth-order valence-corrected chi connectivity index (χ4v) is 2.71. The van der Waals surface area contributed by atoms with Gasteiger partial charge in [0, 0.05) is 0 Å². The van der Waals surface area contributed by atoms with Gasteiger partial charge >= 0.3 is 12.1 Å². The Morgan fingerprint density at radius 2 is 1.64 bits per heavy atom. The smallest absolute Gasteiger partial charge is 0.407 e. The molecule has 0 heterocycles. The van der Waals surface area contributed by atoms with Crippen LogP contribution in [0, 0.1) is 5.92 Å². The quantitative estimate of drug-likeness (QED) is 0.685. The van der Waals surface area contributed by atoms with E-state index in [-0.39, 0.29) is 5.92 Å². The summed E-state index contributed by atoms with van der Waals surface area (Å²) in [6.45, 7) is 4.49. The second-order valence-electron chi connectivity index (χ2n) is 5.91. The number of carboxylic acids is 1. The summed E-state index contributed by atoms with van der Waals surface area (Å²) in [4.78, 5) is 22.0. The fourth-order valence-electron chi connectivity index (χ4n) is 2.71. The van der Waals surface area contributed by atoms with E-state index in [1.54, 1.807) is 0 Å². The second kappa shape index (κ2) is 13.4. The van der Waals surface area contributed by atoms with Gasteiger partial charge in [-0.1, -0.05) is 65.2 Å². The van der Waals surface area contributed by atoms with Gasteiger partial charge in [0.05, 0.1) is 7.11 Å². The molecule has 0 radical (unpaired) electrons. The molecule has 1 saturated carbocycles. The van der Waals surface area contributed by atoms with Crippen molar-refractivity contribution < 1.29 is 19.4 Å². The van der Waals surface area contributed by atoms with Crippen molar-refractivity contribution in [3.05, 3.63) is 0 Å². The molecule has 5 nitrogen and oxygen atoms in total. The largest absolute Gasteiger partial charge is 0.480 e. The minimum Gasteiger partial charge on any atom is -0.480 e. The Morgan fingerprint density at radius 1 is 1.09 bits per heavy atom. The predicted octanol–water partition coefficient (Wildman–Crippen LogP) is 4.35. The molecule has 0 saturated heterocycles. The van der Waals surface area contributed by atoms with E-state index in [4.69, 9.17) is 5.11 Å². The van der Waals surface area contributed by atoms with Crippen molar-refractivity contribution in [3.63, 3.8) is 0 Å². The maximum atomic E-state index is 11.0. The molecule has 1 aliphatic rings. The topological polar surface area (TPSA) is 75.6 Å². The molecule has 0 unspecified atom stereocenters. The summed E-state index contributed by atoms with van der Waals surface area (Å²) in [6.07, 6.45) is 11.3. The molecule has 0 bridgehead atoms. The first-order valence-electron chi connectivity index (χ1n) is 8.64. The number of aliphatic carboxylic acids is 1. The van der Waals surface area contributed by atoms with Crippen LogP contribution in [0.15, 0.2) is 0 Å². The molecule has 0 spiro atoms. The van der Waals surface area contributed by atoms with Crippen LogP contribution in [0.25, 0.3) is 0 Å². The first-order valence-corrected chi connectivity index (χ1v) is 8.64. The molecule has 22 heavy (non-hydrogen) atoms. The molecular formula is C17H33NO4. The standard InChI is InChI=1S/C10H17NO4.C7H16/c1-15-10(14)11-8(9(12)13)7-5-3-2-4-6-7;1-3-5-7-6-4-2/h7-8H,2-6H2,1H3,(H,11,14)(H,12,13);3-7H2,1-2H3/t8-;/m1./s1. The van der Waals surface area contributed by atoms with Crippen LogP contribution in [-0.2, 0) is 9.53 Å². The number of carbonyl (C=O) groups excluding carboxylic acids is 1. The summed E-state index contributed by atoms with van der Waals surface area (Å²) >= 11 is 0. The van der Waals surface area contributed by atoms with Gasteiger partial charge in [-0.05, 0) is 18.8 Å². The molecule has 2 N–H and O–H groups in total. The summed E-state index contributed by atoms with van der Waals surface area (Å²) in [5, 5.41) is 11.4. The van der Waals surface area contributed by atoms with E-state index in [0.717, 1.165) is 32.1 Å². The number of rotatable bonds is 7. The molecule has 1 rings (SSSR count). The molecule has 1 amide bonds. The third-order valence-electron chi connectivity index (χ3n) is 4.05. The minimum atomic E-state index is -0.979. The van der Waals surface area contributed by atoms with Crippen molar-refractivity contribution in [1.29, 1.82) is 0 Å². The molecule has 1 aliphatic carbocycles. The Labute approximate surface area is 134 Å². The van der Waals surface area contributed by atoms with E-state index in [1.165, 1.54) is 39.2 Å². The van der Waals surface area contributed by atoms with Gasteiger partial charge in [0.25, 0.3) is 0 Å². The lowest BCUT2D eigenvalue weighted by Gasteiger charge is -2.27. The lowest BCUT2D eigenvalue weighted by Crippen LogP contribution is -2.46. The lowest BCUT2D eigenvalue weighted by molar-refractivity contribution is -0.141. The van der Waals surface area contributed by atoms with Crippen molar-refractivity contribution in [3.8, 4) is 0 Å². The molecule has 0 aliphatic heterocycles. The first kappa shape index (κ1) is 20.7. The maximum absolute atomic E-state index is 11.0. The van der Waals surface area contributed by atoms with Gasteiger partial charge in [-0.3, -0.25) is 0 Å². The normalized spacial score (nSPS) is 16.1. The van der Waals surface area contributed by atoms with Crippen molar-refractivity contribution in [2.45, 2.75) is 84.1 Å². The first-order chi connectivity index (χ1) is 10.6. The van der Waals surface area contributed by atoms with Crippen LogP contribution in [0.5, 0.6) is 0 Å². The van der Waals surface area contributed by atoms with Gasteiger partial charge in [0.15, 0.2) is 0 Å². The van der Waals surface area contributed by atoms with E-state index in [9.17, 15) is 9.59 Å². The Bertz CT molecular complexity index is 297. The summed E-state index contributed by atoms with van der Waals surface area (Å²) in [5.41, 5.74) is 0. The van der Waals surface area contributed by atoms with Gasteiger partial charge in [0.2, 0.25) is 0 Å². The Balaban J connectivity index is 0.000000534. The van der Waals surface area contributed by atoms with E-state index in [2.05, 4.69) is 23.9 Å². The zero-order valence-corrected chi connectivity index (χ0v) is 14.4. The maximum Gasteiger partial charge on any atom is 0.407 e. The monoisotopic (exact) mass is 315 g/mol. The molecular weight excluding hydrogens is 282 g/mol. The second-order valence-corrected chi connectivity index (χ2v) is 5.91. The number of carbonyl (C=O) groups is 2. The van der Waals surface area contributed by atoms with Crippen LogP contribution in [0.1, 0.15) is 78.1 Å². The summed E-state index contributed by atoms with van der Waals surface area (Å²) < 4.78 is 4.41.